The molecule has 14 nitrogen and oxygen atoms in total. The summed E-state index contributed by atoms with van der Waals surface area (Å²) in [5.74, 6) is 0.350. The van der Waals surface area contributed by atoms with Crippen LogP contribution in [0.3, 0.4) is 0 Å². The van der Waals surface area contributed by atoms with Crippen LogP contribution >= 0.6 is 0 Å². The first kappa shape index (κ1) is 21.5. The molecule has 0 aromatic heterocycles. The maximum absolute atomic E-state index is 10.8. The fraction of sp³-hybridized carbons (Fsp3) is 0.538. The Hall–Kier alpha value is -3.58. The number of rotatable bonds is 4. The normalized spacial score (nSPS) is 17.4. The zero-order chi connectivity index (χ0) is 20.4. The lowest BCUT2D eigenvalue weighted by atomic mass is 10.3. The Balaban J connectivity index is 2.85. The van der Waals surface area contributed by atoms with E-state index in [4.69, 9.17) is 11.5 Å². The second-order valence-corrected chi connectivity index (χ2v) is 5.52. The molecule has 0 unspecified atom stereocenters. The SMILES string of the molecule is CC(=N\NC(N)=O)/C(=N\O)N1CCCN(C(=N/O)/C(C)=N/NC(N)=O)CC1. The van der Waals surface area contributed by atoms with Gasteiger partial charge in [0, 0.05) is 26.2 Å². The first-order valence-electron chi connectivity index (χ1n) is 7.94. The van der Waals surface area contributed by atoms with Gasteiger partial charge in [0.15, 0.2) is 11.7 Å². The molecule has 0 aromatic carbocycles. The van der Waals surface area contributed by atoms with Crippen LogP contribution in [0.25, 0.3) is 0 Å². The van der Waals surface area contributed by atoms with E-state index in [9.17, 15) is 20.0 Å². The van der Waals surface area contributed by atoms with E-state index in [0.717, 1.165) is 0 Å². The van der Waals surface area contributed by atoms with Gasteiger partial charge >= 0.3 is 12.1 Å². The van der Waals surface area contributed by atoms with E-state index in [1.807, 2.05) is 0 Å². The molecule has 1 aliphatic heterocycles. The molecule has 1 rings (SSSR count). The highest BCUT2D eigenvalue weighted by Gasteiger charge is 2.23. The fourth-order valence-electron chi connectivity index (χ4n) is 2.45. The number of urea groups is 2. The van der Waals surface area contributed by atoms with Crippen molar-refractivity contribution in [3.05, 3.63) is 0 Å². The summed E-state index contributed by atoms with van der Waals surface area (Å²) in [5, 5.41) is 32.6. The molecule has 0 radical (unpaired) electrons. The van der Waals surface area contributed by atoms with Crippen molar-refractivity contribution in [1.29, 1.82) is 0 Å². The number of amidine groups is 2. The van der Waals surface area contributed by atoms with Crippen LogP contribution in [0.2, 0.25) is 0 Å². The smallest absolute Gasteiger partial charge is 0.332 e. The monoisotopic (exact) mass is 384 g/mol. The number of hydrogen-bond acceptors (Lipinski definition) is 8. The summed E-state index contributed by atoms with van der Waals surface area (Å²) in [5.41, 5.74) is 14.6. The van der Waals surface area contributed by atoms with Crippen molar-refractivity contribution in [2.24, 2.45) is 32.0 Å². The first-order valence-corrected chi connectivity index (χ1v) is 7.94. The van der Waals surface area contributed by atoms with Gasteiger partial charge in [0.05, 0.1) is 0 Å². The summed E-state index contributed by atoms with van der Waals surface area (Å²) in [6.45, 7) is 4.96. The molecule has 0 spiro atoms. The summed E-state index contributed by atoms with van der Waals surface area (Å²) in [4.78, 5) is 25.0. The van der Waals surface area contributed by atoms with Crippen molar-refractivity contribution < 1.29 is 20.0 Å². The zero-order valence-electron chi connectivity index (χ0n) is 15.1. The van der Waals surface area contributed by atoms with Crippen LogP contribution in [0.4, 0.5) is 9.59 Å². The minimum Gasteiger partial charge on any atom is -0.409 e. The number of nitrogens with one attached hydrogen (secondary N) is 2. The molecule has 0 aromatic rings. The number of nitrogens with two attached hydrogens (primary N) is 2. The lowest BCUT2D eigenvalue weighted by molar-refractivity contribution is 0.248. The Morgan fingerprint density at radius 1 is 0.815 bits per heavy atom. The van der Waals surface area contributed by atoms with Crippen LogP contribution in [0.15, 0.2) is 20.5 Å². The minimum atomic E-state index is -0.836. The van der Waals surface area contributed by atoms with Crippen LogP contribution in [-0.4, -0.2) is 81.6 Å². The van der Waals surface area contributed by atoms with E-state index in [1.165, 1.54) is 0 Å². The Kier molecular flexibility index (Phi) is 8.28. The summed E-state index contributed by atoms with van der Waals surface area (Å²) < 4.78 is 0. The van der Waals surface area contributed by atoms with E-state index >= 15 is 0 Å². The Bertz CT molecular complexity index is 616. The molecule has 0 saturated carbocycles. The second kappa shape index (κ2) is 10.4. The topological polar surface area (TPSA) is 207 Å². The van der Waals surface area contributed by atoms with Crippen molar-refractivity contribution >= 4 is 35.2 Å². The van der Waals surface area contributed by atoms with Gasteiger partial charge in [0.1, 0.15) is 11.4 Å². The molecule has 1 heterocycles. The maximum Gasteiger partial charge on any atom is 0.332 e. The first-order chi connectivity index (χ1) is 12.8. The standard InChI is InChI=1S/C13H24N10O4/c1-8(16-18-12(14)24)10(20-26)22-4-3-5-23(7-6-22)11(21-27)9(2)17-19-13(15)25/h26-27H,3-7H2,1-2H3,(H3,14,18,24)(H3,15,19,25)/b16-8+,17-9+,20-10+,21-11+. The minimum absolute atomic E-state index is 0.175. The molecule has 1 aliphatic rings. The number of hydrogen-bond donors (Lipinski definition) is 6. The molecule has 150 valence electrons. The van der Waals surface area contributed by atoms with Crippen molar-refractivity contribution in [3.8, 4) is 0 Å². The number of hydrazone groups is 2. The average molecular weight is 384 g/mol. The highest BCUT2D eigenvalue weighted by atomic mass is 16.4. The molecule has 14 heteroatoms. The van der Waals surface area contributed by atoms with Crippen molar-refractivity contribution in [2.45, 2.75) is 20.3 Å². The average Bonchev–Trinajstić information content (AvgIpc) is 2.86. The molecule has 1 fully saturated rings. The third-order valence-electron chi connectivity index (χ3n) is 3.60. The van der Waals surface area contributed by atoms with Crippen molar-refractivity contribution in [2.75, 3.05) is 26.2 Å². The lowest BCUT2D eigenvalue weighted by Gasteiger charge is -2.24. The third-order valence-corrected chi connectivity index (χ3v) is 3.60. The number of oxime groups is 2. The van der Waals surface area contributed by atoms with Gasteiger partial charge in [-0.15, -0.1) is 0 Å². The third kappa shape index (κ3) is 6.68. The molecule has 1 saturated heterocycles. The van der Waals surface area contributed by atoms with Crippen molar-refractivity contribution in [3.63, 3.8) is 0 Å². The fourth-order valence-corrected chi connectivity index (χ4v) is 2.45. The number of nitrogens with zero attached hydrogens (tertiary/aromatic N) is 6. The molecule has 4 amide bonds. The van der Waals surface area contributed by atoms with Crippen LogP contribution in [0.5, 0.6) is 0 Å². The van der Waals surface area contributed by atoms with Gasteiger partial charge in [-0.3, -0.25) is 0 Å². The Morgan fingerprint density at radius 2 is 1.19 bits per heavy atom. The predicted octanol–water partition coefficient (Wildman–Crippen LogP) is -1.34. The highest BCUT2D eigenvalue weighted by Crippen LogP contribution is 2.07. The van der Waals surface area contributed by atoms with Gasteiger partial charge in [-0.2, -0.15) is 10.2 Å². The Labute approximate surface area is 155 Å². The highest BCUT2D eigenvalue weighted by molar-refractivity contribution is 6.41. The quantitative estimate of drug-likeness (QED) is 0.149. The van der Waals surface area contributed by atoms with E-state index in [1.54, 1.807) is 23.6 Å². The van der Waals surface area contributed by atoms with Crippen LogP contribution in [0, 0.1) is 0 Å². The van der Waals surface area contributed by atoms with E-state index in [2.05, 4.69) is 31.4 Å². The van der Waals surface area contributed by atoms with Gasteiger partial charge in [0.25, 0.3) is 0 Å². The molecule has 0 aliphatic carbocycles. The van der Waals surface area contributed by atoms with Gasteiger partial charge in [-0.05, 0) is 20.3 Å². The van der Waals surface area contributed by atoms with E-state index in [0.29, 0.717) is 32.6 Å². The number of carbonyl (C=O) groups excluding carboxylic acids is 2. The summed E-state index contributed by atoms with van der Waals surface area (Å²) >= 11 is 0. The lowest BCUT2D eigenvalue weighted by Crippen LogP contribution is -2.42. The molecule has 8 N–H and O–H groups in total. The second-order valence-electron chi connectivity index (χ2n) is 5.52. The van der Waals surface area contributed by atoms with E-state index < -0.39 is 12.1 Å². The van der Waals surface area contributed by atoms with Gasteiger partial charge in [-0.1, -0.05) is 10.3 Å². The van der Waals surface area contributed by atoms with Crippen LogP contribution in [-0.2, 0) is 0 Å². The number of amides is 4. The molecule has 0 bridgehead atoms. The van der Waals surface area contributed by atoms with Crippen LogP contribution in [0.1, 0.15) is 20.3 Å². The number of primary amides is 2. The summed E-state index contributed by atoms with van der Waals surface area (Å²) in [6, 6.07) is -1.67. The molecule has 0 atom stereocenters. The zero-order valence-corrected chi connectivity index (χ0v) is 15.1. The summed E-state index contributed by atoms with van der Waals surface area (Å²) in [6.07, 6.45) is 0.630. The summed E-state index contributed by atoms with van der Waals surface area (Å²) in [7, 11) is 0. The van der Waals surface area contributed by atoms with Gasteiger partial charge in [0.2, 0.25) is 0 Å². The number of carbonyl (C=O) groups is 2. The maximum atomic E-state index is 10.8. The Morgan fingerprint density at radius 3 is 1.48 bits per heavy atom. The largest absolute Gasteiger partial charge is 0.409 e. The molecular formula is C13H24N10O4. The van der Waals surface area contributed by atoms with Crippen LogP contribution < -0.4 is 22.3 Å². The van der Waals surface area contributed by atoms with E-state index in [-0.39, 0.29) is 23.1 Å². The molecule has 27 heavy (non-hydrogen) atoms. The van der Waals surface area contributed by atoms with Gasteiger partial charge < -0.3 is 31.7 Å². The predicted molar refractivity (Wildman–Crippen MR) is 97.9 cm³/mol. The van der Waals surface area contributed by atoms with Gasteiger partial charge in [-0.25, -0.2) is 20.4 Å². The molecular weight excluding hydrogens is 360 g/mol. The van der Waals surface area contributed by atoms with Crippen molar-refractivity contribution in [1.82, 2.24) is 20.7 Å².